The number of phenols is 1. The summed E-state index contributed by atoms with van der Waals surface area (Å²) in [5, 5.41) is 16.8. The zero-order valence-corrected chi connectivity index (χ0v) is 11.1. The molecule has 0 fully saturated rings. The molecule has 0 bridgehead atoms. The number of halogens is 1. The number of benzene rings is 2. The summed E-state index contributed by atoms with van der Waals surface area (Å²) in [5.41, 5.74) is 7.88. The fourth-order valence-electron chi connectivity index (χ4n) is 1.82. The molecule has 2 aromatic carbocycles. The van der Waals surface area contributed by atoms with Gasteiger partial charge in [-0.05, 0) is 42.5 Å². The molecule has 0 spiro atoms. The van der Waals surface area contributed by atoms with Gasteiger partial charge in [0.05, 0.1) is 10.7 Å². The molecule has 0 atom stereocenters. The first-order valence-corrected chi connectivity index (χ1v) is 6.28. The third-order valence-electron chi connectivity index (χ3n) is 2.88. The standard InChI is InChI=1S/C14H11ClN4O/c15-11-6-3-9(7-12(11)16)14-17-13(18-19-14)8-1-4-10(20)5-2-8/h1-7,20H,16H2,(H,17,18,19). The van der Waals surface area contributed by atoms with Gasteiger partial charge in [-0.2, -0.15) is 5.10 Å². The summed E-state index contributed by atoms with van der Waals surface area (Å²) in [6.07, 6.45) is 0. The van der Waals surface area contributed by atoms with Crippen LogP contribution < -0.4 is 5.73 Å². The summed E-state index contributed by atoms with van der Waals surface area (Å²) in [6, 6.07) is 12.0. The number of phenolic OH excluding ortho intramolecular Hbond substituents is 1. The highest BCUT2D eigenvalue weighted by atomic mass is 35.5. The monoisotopic (exact) mass is 286 g/mol. The summed E-state index contributed by atoms with van der Waals surface area (Å²) in [7, 11) is 0. The van der Waals surface area contributed by atoms with Gasteiger partial charge in [-0.25, -0.2) is 4.98 Å². The molecule has 0 saturated carbocycles. The molecule has 0 radical (unpaired) electrons. The molecule has 6 heteroatoms. The summed E-state index contributed by atoms with van der Waals surface area (Å²) >= 11 is 5.89. The highest BCUT2D eigenvalue weighted by Gasteiger charge is 2.09. The Morgan fingerprint density at radius 1 is 1.05 bits per heavy atom. The number of aromatic amines is 1. The zero-order chi connectivity index (χ0) is 14.1. The maximum Gasteiger partial charge on any atom is 0.181 e. The number of nitrogen functional groups attached to an aromatic ring is 1. The van der Waals surface area contributed by atoms with Gasteiger partial charge in [-0.1, -0.05) is 11.6 Å². The molecule has 0 unspecified atom stereocenters. The topological polar surface area (TPSA) is 87.8 Å². The summed E-state index contributed by atoms with van der Waals surface area (Å²) < 4.78 is 0. The van der Waals surface area contributed by atoms with Crippen molar-refractivity contribution in [1.82, 2.24) is 15.2 Å². The Morgan fingerprint density at radius 3 is 2.45 bits per heavy atom. The molecule has 0 amide bonds. The Hall–Kier alpha value is -2.53. The highest BCUT2D eigenvalue weighted by molar-refractivity contribution is 6.33. The molecular weight excluding hydrogens is 276 g/mol. The predicted molar refractivity (Wildman–Crippen MR) is 78.3 cm³/mol. The number of H-pyrrole nitrogens is 1. The number of rotatable bonds is 2. The van der Waals surface area contributed by atoms with Crippen LogP contribution in [0.4, 0.5) is 5.69 Å². The average molecular weight is 287 g/mol. The van der Waals surface area contributed by atoms with Gasteiger partial charge in [0.1, 0.15) is 5.75 Å². The van der Waals surface area contributed by atoms with Crippen LogP contribution in [0.5, 0.6) is 5.75 Å². The van der Waals surface area contributed by atoms with Gasteiger partial charge < -0.3 is 10.8 Å². The minimum absolute atomic E-state index is 0.207. The minimum atomic E-state index is 0.207. The van der Waals surface area contributed by atoms with Crippen molar-refractivity contribution in [3.8, 4) is 28.5 Å². The Bertz CT molecular complexity index is 752. The molecule has 1 aromatic heterocycles. The van der Waals surface area contributed by atoms with Crippen LogP contribution in [-0.2, 0) is 0 Å². The van der Waals surface area contributed by atoms with Crippen molar-refractivity contribution in [2.45, 2.75) is 0 Å². The van der Waals surface area contributed by atoms with Gasteiger partial charge in [0.2, 0.25) is 0 Å². The molecule has 1 heterocycles. The predicted octanol–water partition coefficient (Wildman–Crippen LogP) is 3.08. The van der Waals surface area contributed by atoms with Gasteiger partial charge in [0.25, 0.3) is 0 Å². The van der Waals surface area contributed by atoms with Gasteiger partial charge in [0, 0.05) is 11.1 Å². The summed E-state index contributed by atoms with van der Waals surface area (Å²) in [4.78, 5) is 4.40. The van der Waals surface area contributed by atoms with E-state index in [0.717, 1.165) is 11.1 Å². The fraction of sp³-hybridized carbons (Fsp3) is 0. The van der Waals surface area contributed by atoms with Crippen molar-refractivity contribution in [2.75, 3.05) is 5.73 Å². The van der Waals surface area contributed by atoms with Crippen molar-refractivity contribution in [3.63, 3.8) is 0 Å². The lowest BCUT2D eigenvalue weighted by Crippen LogP contribution is -1.88. The second-order valence-electron chi connectivity index (χ2n) is 4.29. The number of anilines is 1. The Balaban J connectivity index is 1.97. The number of nitrogens with one attached hydrogen (secondary N) is 1. The maximum atomic E-state index is 9.27. The third-order valence-corrected chi connectivity index (χ3v) is 3.22. The quantitative estimate of drug-likeness (QED) is 0.632. The van der Waals surface area contributed by atoms with Crippen molar-refractivity contribution in [1.29, 1.82) is 0 Å². The van der Waals surface area contributed by atoms with Crippen LogP contribution >= 0.6 is 11.6 Å². The molecule has 4 N–H and O–H groups in total. The molecule has 3 aromatic rings. The first-order chi connectivity index (χ1) is 9.63. The second-order valence-corrected chi connectivity index (χ2v) is 4.70. The highest BCUT2D eigenvalue weighted by Crippen LogP contribution is 2.26. The van der Waals surface area contributed by atoms with Gasteiger partial charge in [-0.15, -0.1) is 0 Å². The molecule has 100 valence electrons. The Kier molecular flexibility index (Phi) is 3.04. The number of aromatic nitrogens is 3. The minimum Gasteiger partial charge on any atom is -0.508 e. The van der Waals surface area contributed by atoms with Crippen LogP contribution in [0, 0.1) is 0 Å². The van der Waals surface area contributed by atoms with Crippen LogP contribution in [0.15, 0.2) is 42.5 Å². The zero-order valence-electron chi connectivity index (χ0n) is 10.3. The van der Waals surface area contributed by atoms with Gasteiger partial charge in [0.15, 0.2) is 11.6 Å². The van der Waals surface area contributed by atoms with E-state index in [1.165, 1.54) is 0 Å². The van der Waals surface area contributed by atoms with Crippen LogP contribution in [0.3, 0.4) is 0 Å². The summed E-state index contributed by atoms with van der Waals surface area (Å²) in [5.74, 6) is 1.36. The fourth-order valence-corrected chi connectivity index (χ4v) is 1.94. The van der Waals surface area contributed by atoms with Crippen LogP contribution in [-0.4, -0.2) is 20.3 Å². The van der Waals surface area contributed by atoms with Crippen molar-refractivity contribution < 1.29 is 5.11 Å². The number of aromatic hydroxyl groups is 1. The Labute approximate surface area is 120 Å². The molecule has 20 heavy (non-hydrogen) atoms. The molecule has 0 aliphatic rings. The Morgan fingerprint density at radius 2 is 1.75 bits per heavy atom. The normalized spacial score (nSPS) is 10.7. The van der Waals surface area contributed by atoms with E-state index in [-0.39, 0.29) is 5.75 Å². The summed E-state index contributed by atoms with van der Waals surface area (Å²) in [6.45, 7) is 0. The van der Waals surface area contributed by atoms with E-state index in [1.807, 2.05) is 6.07 Å². The van der Waals surface area contributed by atoms with E-state index in [1.54, 1.807) is 36.4 Å². The number of hydrogen-bond donors (Lipinski definition) is 3. The van der Waals surface area contributed by atoms with Gasteiger partial charge >= 0.3 is 0 Å². The van der Waals surface area contributed by atoms with E-state index in [2.05, 4.69) is 15.2 Å². The van der Waals surface area contributed by atoms with Crippen LogP contribution in [0.1, 0.15) is 0 Å². The lowest BCUT2D eigenvalue weighted by Gasteiger charge is -1.99. The van der Waals surface area contributed by atoms with Crippen LogP contribution in [0.2, 0.25) is 5.02 Å². The molecule has 5 nitrogen and oxygen atoms in total. The lowest BCUT2D eigenvalue weighted by atomic mass is 10.2. The van der Waals surface area contributed by atoms with Gasteiger partial charge in [-0.3, -0.25) is 5.10 Å². The SMILES string of the molecule is Nc1cc(-c2n[nH]c(-c3ccc(O)cc3)n2)ccc1Cl. The lowest BCUT2D eigenvalue weighted by molar-refractivity contribution is 0.475. The number of nitrogens with zero attached hydrogens (tertiary/aromatic N) is 2. The second kappa shape index (κ2) is 4.86. The van der Waals surface area contributed by atoms with E-state index in [9.17, 15) is 5.11 Å². The number of nitrogens with two attached hydrogens (primary N) is 1. The van der Waals surface area contributed by atoms with Crippen molar-refractivity contribution in [3.05, 3.63) is 47.5 Å². The van der Waals surface area contributed by atoms with E-state index < -0.39 is 0 Å². The van der Waals surface area contributed by atoms with E-state index in [0.29, 0.717) is 22.4 Å². The van der Waals surface area contributed by atoms with E-state index in [4.69, 9.17) is 17.3 Å². The van der Waals surface area contributed by atoms with Crippen molar-refractivity contribution in [2.24, 2.45) is 0 Å². The molecular formula is C14H11ClN4O. The maximum absolute atomic E-state index is 9.27. The third kappa shape index (κ3) is 2.31. The van der Waals surface area contributed by atoms with Crippen LogP contribution in [0.25, 0.3) is 22.8 Å². The first-order valence-electron chi connectivity index (χ1n) is 5.91. The molecule has 0 saturated heterocycles. The smallest absolute Gasteiger partial charge is 0.181 e. The van der Waals surface area contributed by atoms with Crippen molar-refractivity contribution >= 4 is 17.3 Å². The first kappa shape index (κ1) is 12.5. The largest absolute Gasteiger partial charge is 0.508 e. The number of hydrogen-bond acceptors (Lipinski definition) is 4. The molecule has 0 aliphatic carbocycles. The van der Waals surface area contributed by atoms with E-state index >= 15 is 0 Å². The average Bonchev–Trinajstić information content (AvgIpc) is 2.92. The molecule has 0 aliphatic heterocycles. The molecule has 3 rings (SSSR count).